The van der Waals surface area contributed by atoms with Crippen LogP contribution in [-0.2, 0) is 27.3 Å². The summed E-state index contributed by atoms with van der Waals surface area (Å²) >= 11 is 1.43. The highest BCUT2D eigenvalue weighted by Crippen LogP contribution is 2.25. The van der Waals surface area contributed by atoms with E-state index in [2.05, 4.69) is 34.1 Å². The first-order valence-electron chi connectivity index (χ1n) is 10.0. The minimum Gasteiger partial charge on any atom is -0.378 e. The van der Waals surface area contributed by atoms with Crippen LogP contribution in [0.3, 0.4) is 0 Å². The largest absolute Gasteiger partial charge is 0.378 e. The van der Waals surface area contributed by atoms with E-state index in [0.717, 1.165) is 50.5 Å². The fraction of sp³-hybridized carbons (Fsp3) is 0.476. The lowest BCUT2D eigenvalue weighted by Gasteiger charge is -2.29. The number of anilines is 2. The zero-order valence-corrected chi connectivity index (χ0v) is 17.5. The quantitative estimate of drug-likeness (QED) is 0.726. The molecule has 2 aliphatic heterocycles. The number of likely N-dealkylation sites (N-methyl/N-ethyl adjacent to an activating group) is 1. The van der Waals surface area contributed by atoms with Crippen LogP contribution >= 0.6 is 11.3 Å². The fourth-order valence-corrected chi connectivity index (χ4v) is 4.51. The summed E-state index contributed by atoms with van der Waals surface area (Å²) in [4.78, 5) is 34.7. The Bertz CT molecular complexity index is 861. The topological polar surface area (TPSA) is 66.0 Å². The van der Waals surface area contributed by atoms with Gasteiger partial charge in [-0.3, -0.25) is 14.5 Å². The molecule has 1 aromatic carbocycles. The Labute approximate surface area is 174 Å². The zero-order valence-electron chi connectivity index (χ0n) is 16.7. The van der Waals surface area contributed by atoms with Crippen LogP contribution in [0.1, 0.15) is 24.1 Å². The third kappa shape index (κ3) is 4.76. The minimum absolute atomic E-state index is 0.0202. The van der Waals surface area contributed by atoms with E-state index in [0.29, 0.717) is 18.1 Å². The number of carbonyl (C=O) groups is 2. The van der Waals surface area contributed by atoms with Gasteiger partial charge in [-0.15, -0.1) is 11.3 Å². The SMILES string of the molecule is CN(Cc1ccc(N2CCOCC2)cc1)C(=O)Cc1csc(N2CCCC2=O)n1. The molecule has 0 atom stereocenters. The van der Waals surface area contributed by atoms with Gasteiger partial charge in [0.25, 0.3) is 0 Å². The molecule has 0 N–H and O–H groups in total. The molecule has 1 aromatic heterocycles. The fourth-order valence-electron chi connectivity index (χ4n) is 3.64. The smallest absolute Gasteiger partial charge is 0.228 e. The summed E-state index contributed by atoms with van der Waals surface area (Å²) in [6, 6.07) is 8.38. The van der Waals surface area contributed by atoms with Crippen LogP contribution in [0, 0.1) is 0 Å². The number of benzene rings is 1. The first-order chi connectivity index (χ1) is 14.1. The van der Waals surface area contributed by atoms with Gasteiger partial charge in [-0.05, 0) is 24.1 Å². The van der Waals surface area contributed by atoms with Crippen molar-refractivity contribution in [1.82, 2.24) is 9.88 Å². The molecule has 0 spiro atoms. The van der Waals surface area contributed by atoms with E-state index in [1.54, 1.807) is 9.80 Å². The van der Waals surface area contributed by atoms with E-state index in [9.17, 15) is 9.59 Å². The average molecular weight is 415 g/mol. The van der Waals surface area contributed by atoms with Crippen LogP contribution in [-0.4, -0.2) is 61.6 Å². The highest BCUT2D eigenvalue weighted by Gasteiger charge is 2.24. The van der Waals surface area contributed by atoms with Gasteiger partial charge < -0.3 is 14.5 Å². The lowest BCUT2D eigenvalue weighted by atomic mass is 10.1. The molecule has 2 amide bonds. The maximum Gasteiger partial charge on any atom is 0.228 e. The molecule has 0 unspecified atom stereocenters. The summed E-state index contributed by atoms with van der Waals surface area (Å²) < 4.78 is 5.40. The van der Waals surface area contributed by atoms with Crippen molar-refractivity contribution in [1.29, 1.82) is 0 Å². The van der Waals surface area contributed by atoms with Crippen LogP contribution in [0.4, 0.5) is 10.8 Å². The number of ether oxygens (including phenoxy) is 1. The molecule has 2 fully saturated rings. The monoisotopic (exact) mass is 414 g/mol. The van der Waals surface area contributed by atoms with Crippen molar-refractivity contribution in [2.75, 3.05) is 49.7 Å². The maximum atomic E-state index is 12.6. The van der Waals surface area contributed by atoms with Gasteiger partial charge in [0.2, 0.25) is 11.8 Å². The first-order valence-corrected chi connectivity index (χ1v) is 10.9. The van der Waals surface area contributed by atoms with Crippen molar-refractivity contribution in [2.24, 2.45) is 0 Å². The highest BCUT2D eigenvalue weighted by atomic mass is 32.1. The number of rotatable bonds is 6. The van der Waals surface area contributed by atoms with Crippen LogP contribution < -0.4 is 9.80 Å². The number of hydrogen-bond acceptors (Lipinski definition) is 6. The number of morpholine rings is 1. The van der Waals surface area contributed by atoms with E-state index >= 15 is 0 Å². The number of carbonyl (C=O) groups excluding carboxylic acids is 2. The van der Waals surface area contributed by atoms with Crippen molar-refractivity contribution >= 4 is 34.0 Å². The molecule has 2 aliphatic rings. The van der Waals surface area contributed by atoms with Crippen molar-refractivity contribution < 1.29 is 14.3 Å². The number of thiazole rings is 1. The second kappa shape index (κ2) is 8.92. The molecule has 4 rings (SSSR count). The van der Waals surface area contributed by atoms with E-state index in [-0.39, 0.29) is 18.2 Å². The predicted octanol–water partition coefficient (Wildman–Crippen LogP) is 2.31. The zero-order chi connectivity index (χ0) is 20.2. The molecule has 0 bridgehead atoms. The number of amides is 2. The van der Waals surface area contributed by atoms with Gasteiger partial charge in [0, 0.05) is 50.7 Å². The molecule has 154 valence electrons. The summed E-state index contributed by atoms with van der Waals surface area (Å²) in [6.07, 6.45) is 1.71. The summed E-state index contributed by atoms with van der Waals surface area (Å²) in [5.41, 5.74) is 3.01. The number of aromatic nitrogens is 1. The van der Waals surface area contributed by atoms with Gasteiger partial charge >= 0.3 is 0 Å². The molecule has 8 heteroatoms. The van der Waals surface area contributed by atoms with Gasteiger partial charge in [0.15, 0.2) is 5.13 Å². The van der Waals surface area contributed by atoms with Crippen molar-refractivity contribution in [3.63, 3.8) is 0 Å². The normalized spacial score (nSPS) is 17.1. The van der Waals surface area contributed by atoms with Gasteiger partial charge in [0.1, 0.15) is 0 Å². The molecule has 2 saturated heterocycles. The second-order valence-corrected chi connectivity index (χ2v) is 8.30. The van der Waals surface area contributed by atoms with Crippen molar-refractivity contribution in [2.45, 2.75) is 25.8 Å². The van der Waals surface area contributed by atoms with Gasteiger partial charge in [-0.2, -0.15) is 0 Å². The Kier molecular flexibility index (Phi) is 6.10. The molecular formula is C21H26N4O3S. The van der Waals surface area contributed by atoms with Crippen LogP contribution in [0.5, 0.6) is 0 Å². The molecule has 3 heterocycles. The first kappa shape index (κ1) is 19.8. The van der Waals surface area contributed by atoms with Gasteiger partial charge in [-0.1, -0.05) is 12.1 Å². The Morgan fingerprint density at radius 3 is 2.66 bits per heavy atom. The Morgan fingerprint density at radius 1 is 1.21 bits per heavy atom. The van der Waals surface area contributed by atoms with E-state index in [1.165, 1.54) is 17.0 Å². The minimum atomic E-state index is 0.0202. The highest BCUT2D eigenvalue weighted by molar-refractivity contribution is 7.14. The molecule has 0 saturated carbocycles. The van der Waals surface area contributed by atoms with E-state index in [4.69, 9.17) is 4.74 Å². The molecular weight excluding hydrogens is 388 g/mol. The maximum absolute atomic E-state index is 12.6. The van der Waals surface area contributed by atoms with E-state index in [1.807, 2.05) is 12.4 Å². The Hall–Kier alpha value is -2.45. The van der Waals surface area contributed by atoms with Crippen molar-refractivity contribution in [3.8, 4) is 0 Å². The second-order valence-electron chi connectivity index (χ2n) is 7.46. The predicted molar refractivity (Wildman–Crippen MR) is 113 cm³/mol. The Balaban J connectivity index is 1.31. The van der Waals surface area contributed by atoms with Gasteiger partial charge in [0.05, 0.1) is 25.3 Å². The lowest BCUT2D eigenvalue weighted by Crippen LogP contribution is -2.36. The van der Waals surface area contributed by atoms with Crippen molar-refractivity contribution in [3.05, 3.63) is 40.9 Å². The van der Waals surface area contributed by atoms with Crippen LogP contribution in [0.2, 0.25) is 0 Å². The molecule has 7 nitrogen and oxygen atoms in total. The van der Waals surface area contributed by atoms with Crippen LogP contribution in [0.15, 0.2) is 29.6 Å². The summed E-state index contributed by atoms with van der Waals surface area (Å²) in [5.74, 6) is 0.140. The number of nitrogens with zero attached hydrogens (tertiary/aromatic N) is 4. The van der Waals surface area contributed by atoms with E-state index < -0.39 is 0 Å². The molecule has 29 heavy (non-hydrogen) atoms. The molecule has 0 aliphatic carbocycles. The average Bonchev–Trinajstić information content (AvgIpc) is 3.37. The third-order valence-electron chi connectivity index (χ3n) is 5.33. The number of hydrogen-bond donors (Lipinski definition) is 0. The summed E-state index contributed by atoms with van der Waals surface area (Å²) in [6.45, 7) is 4.64. The van der Waals surface area contributed by atoms with Gasteiger partial charge in [-0.25, -0.2) is 4.98 Å². The standard InChI is InChI=1S/C21H26N4O3S/c1-23(14-16-4-6-18(7-5-16)24-9-11-28-12-10-24)20(27)13-17-15-29-21(22-17)25-8-2-3-19(25)26/h4-7,15H,2-3,8-14H2,1H3. The third-order valence-corrected chi connectivity index (χ3v) is 6.25. The van der Waals surface area contributed by atoms with Crippen LogP contribution in [0.25, 0.3) is 0 Å². The summed E-state index contributed by atoms with van der Waals surface area (Å²) in [7, 11) is 1.81. The molecule has 0 radical (unpaired) electrons. The Morgan fingerprint density at radius 2 is 1.97 bits per heavy atom. The lowest BCUT2D eigenvalue weighted by molar-refractivity contribution is -0.129. The summed E-state index contributed by atoms with van der Waals surface area (Å²) in [5, 5.41) is 2.58. The molecule has 2 aromatic rings.